The Bertz CT molecular complexity index is 710. The summed E-state index contributed by atoms with van der Waals surface area (Å²) in [6.45, 7) is 6.67. The first-order valence-electron chi connectivity index (χ1n) is 8.13. The van der Waals surface area contributed by atoms with Gasteiger partial charge in [-0.05, 0) is 58.7 Å². The summed E-state index contributed by atoms with van der Waals surface area (Å²) >= 11 is 3.13. The molecule has 0 aliphatic heterocycles. The van der Waals surface area contributed by atoms with Gasteiger partial charge in [0.05, 0.1) is 6.54 Å². The largest absolute Gasteiger partial charge is 0.444 e. The first kappa shape index (κ1) is 17.2. The third-order valence-electron chi connectivity index (χ3n) is 6.03. The van der Waals surface area contributed by atoms with E-state index >= 15 is 0 Å². The van der Waals surface area contributed by atoms with Gasteiger partial charge in [-0.3, -0.25) is 9.59 Å². The Balaban J connectivity index is 1.54. The lowest BCUT2D eigenvalue weighted by molar-refractivity contribution is -0.120. The maximum absolute atomic E-state index is 11.9. The summed E-state index contributed by atoms with van der Waals surface area (Å²) in [4.78, 5) is 23.8. The highest BCUT2D eigenvalue weighted by Gasteiger charge is 2.59. The van der Waals surface area contributed by atoms with E-state index in [4.69, 9.17) is 4.42 Å². The van der Waals surface area contributed by atoms with Crippen LogP contribution in [0.15, 0.2) is 26.3 Å². The van der Waals surface area contributed by atoms with E-state index in [9.17, 15) is 9.59 Å². The summed E-state index contributed by atoms with van der Waals surface area (Å²) < 4.78 is 5.60. The van der Waals surface area contributed by atoms with Gasteiger partial charge in [-0.1, -0.05) is 20.8 Å². The van der Waals surface area contributed by atoms with Crippen molar-refractivity contribution in [3.8, 4) is 0 Å². The third-order valence-corrected chi connectivity index (χ3v) is 6.46. The molecule has 1 aromatic heterocycles. The van der Waals surface area contributed by atoms with E-state index in [0.29, 0.717) is 10.6 Å². The smallest absolute Gasteiger partial charge is 0.287 e. The van der Waals surface area contributed by atoms with E-state index in [2.05, 4.69) is 52.5 Å². The number of halogens is 1. The number of nitrogens with one attached hydrogen (secondary N) is 2. The number of hydrazone groups is 1. The molecule has 7 heteroatoms. The van der Waals surface area contributed by atoms with Crippen LogP contribution in [0.2, 0.25) is 0 Å². The Labute approximate surface area is 149 Å². The monoisotopic (exact) mass is 395 g/mol. The zero-order chi connectivity index (χ0) is 17.5. The molecule has 1 aromatic rings. The zero-order valence-corrected chi connectivity index (χ0v) is 15.7. The number of carbonyl (C=O) groups excluding carboxylic acids is 2. The molecule has 2 fully saturated rings. The Morgan fingerprint density at radius 1 is 1.38 bits per heavy atom. The van der Waals surface area contributed by atoms with Gasteiger partial charge < -0.3 is 9.73 Å². The molecule has 0 aromatic carbocycles. The number of furan rings is 1. The second-order valence-electron chi connectivity index (χ2n) is 7.37. The van der Waals surface area contributed by atoms with Gasteiger partial charge in [0.2, 0.25) is 0 Å². The first-order chi connectivity index (χ1) is 11.2. The average molecular weight is 396 g/mol. The van der Waals surface area contributed by atoms with E-state index in [1.54, 1.807) is 6.07 Å². The fraction of sp³-hybridized carbons (Fsp3) is 0.588. The Morgan fingerprint density at radius 3 is 2.67 bits per heavy atom. The number of fused-ring (bicyclic) bond motifs is 2. The van der Waals surface area contributed by atoms with Gasteiger partial charge in [-0.25, -0.2) is 5.43 Å². The lowest BCUT2D eigenvalue weighted by Crippen LogP contribution is -2.37. The molecule has 2 atom stereocenters. The average Bonchev–Trinajstić information content (AvgIpc) is 3.11. The van der Waals surface area contributed by atoms with Crippen molar-refractivity contribution in [3.63, 3.8) is 0 Å². The van der Waals surface area contributed by atoms with E-state index < -0.39 is 5.91 Å². The molecule has 2 saturated carbocycles. The van der Waals surface area contributed by atoms with Crippen molar-refractivity contribution in [1.82, 2.24) is 10.7 Å². The molecule has 0 saturated heterocycles. The molecule has 2 aliphatic carbocycles. The number of hydrogen-bond donors (Lipinski definition) is 2. The van der Waals surface area contributed by atoms with Gasteiger partial charge in [0.1, 0.15) is 0 Å². The number of hydrogen-bond acceptors (Lipinski definition) is 4. The SMILES string of the molecule is CC1(C)[C@@H]2CC[C@@]1(C)/C(=N/NC(=O)CNC(=O)c1ccc(Br)o1)C2. The van der Waals surface area contributed by atoms with Crippen molar-refractivity contribution in [2.24, 2.45) is 21.8 Å². The highest BCUT2D eigenvalue weighted by atomic mass is 79.9. The van der Waals surface area contributed by atoms with Crippen LogP contribution in [-0.4, -0.2) is 24.1 Å². The summed E-state index contributed by atoms with van der Waals surface area (Å²) in [6, 6.07) is 3.16. The van der Waals surface area contributed by atoms with Crippen LogP contribution in [0.5, 0.6) is 0 Å². The maximum Gasteiger partial charge on any atom is 0.287 e. The Kier molecular flexibility index (Phi) is 4.32. The lowest BCUT2D eigenvalue weighted by Gasteiger charge is -2.34. The fourth-order valence-corrected chi connectivity index (χ4v) is 4.26. The van der Waals surface area contributed by atoms with Crippen molar-refractivity contribution >= 4 is 33.5 Å². The molecular weight excluding hydrogens is 374 g/mol. The summed E-state index contributed by atoms with van der Waals surface area (Å²) in [6.07, 6.45) is 3.28. The number of carbonyl (C=O) groups is 2. The molecule has 2 amide bonds. The van der Waals surface area contributed by atoms with Crippen LogP contribution in [0.1, 0.15) is 50.6 Å². The molecule has 3 rings (SSSR count). The molecule has 130 valence electrons. The summed E-state index contributed by atoms with van der Waals surface area (Å²) in [7, 11) is 0. The van der Waals surface area contributed by atoms with Gasteiger partial charge in [-0.2, -0.15) is 5.10 Å². The second-order valence-corrected chi connectivity index (χ2v) is 8.16. The molecule has 2 N–H and O–H groups in total. The van der Waals surface area contributed by atoms with E-state index in [0.717, 1.165) is 18.6 Å². The summed E-state index contributed by atoms with van der Waals surface area (Å²) in [5, 5.41) is 6.88. The predicted octanol–water partition coefficient (Wildman–Crippen LogP) is 3.09. The molecule has 6 nitrogen and oxygen atoms in total. The van der Waals surface area contributed by atoms with Gasteiger partial charge in [-0.15, -0.1) is 0 Å². The highest BCUT2D eigenvalue weighted by molar-refractivity contribution is 9.10. The Morgan fingerprint density at radius 2 is 2.12 bits per heavy atom. The zero-order valence-electron chi connectivity index (χ0n) is 14.1. The van der Waals surface area contributed by atoms with Crippen molar-refractivity contribution in [1.29, 1.82) is 0 Å². The minimum absolute atomic E-state index is 0.0502. The van der Waals surface area contributed by atoms with Crippen LogP contribution in [0.3, 0.4) is 0 Å². The van der Waals surface area contributed by atoms with Crippen LogP contribution in [0.4, 0.5) is 0 Å². The van der Waals surface area contributed by atoms with Crippen LogP contribution in [0.25, 0.3) is 0 Å². The standard InChI is InChI=1S/C17H22BrN3O3/c1-16(2)10-6-7-17(16,3)12(8-10)20-21-14(22)9-19-15(23)11-4-5-13(18)24-11/h4-5,10H,6-9H2,1-3H3,(H,19,23)(H,21,22)/b20-12+/t10-,17+/m1/s1. The maximum atomic E-state index is 11.9. The van der Waals surface area contributed by atoms with E-state index in [1.807, 2.05) is 0 Å². The van der Waals surface area contributed by atoms with E-state index in [1.165, 1.54) is 12.5 Å². The number of amides is 2. The topological polar surface area (TPSA) is 83.7 Å². The quantitative estimate of drug-likeness (QED) is 0.768. The van der Waals surface area contributed by atoms with Gasteiger partial charge in [0, 0.05) is 11.1 Å². The Hall–Kier alpha value is -1.63. The lowest BCUT2D eigenvalue weighted by atomic mass is 9.70. The first-order valence-corrected chi connectivity index (χ1v) is 8.93. The van der Waals surface area contributed by atoms with Crippen LogP contribution in [-0.2, 0) is 4.79 Å². The van der Waals surface area contributed by atoms with Crippen LogP contribution in [0, 0.1) is 16.7 Å². The highest BCUT2D eigenvalue weighted by Crippen LogP contribution is 2.63. The van der Waals surface area contributed by atoms with Crippen LogP contribution >= 0.6 is 15.9 Å². The molecule has 2 bridgehead atoms. The van der Waals surface area contributed by atoms with Crippen molar-refractivity contribution in [2.45, 2.75) is 40.0 Å². The molecule has 2 aliphatic rings. The minimum Gasteiger partial charge on any atom is -0.444 e. The number of rotatable bonds is 4. The van der Waals surface area contributed by atoms with Crippen molar-refractivity contribution in [2.75, 3.05) is 6.54 Å². The van der Waals surface area contributed by atoms with Gasteiger partial charge in [0.15, 0.2) is 10.4 Å². The third kappa shape index (κ3) is 2.79. The normalized spacial score (nSPS) is 29.0. The second kappa shape index (κ2) is 6.02. The molecule has 0 unspecified atom stereocenters. The summed E-state index contributed by atoms with van der Waals surface area (Å²) in [5.41, 5.74) is 3.92. The van der Waals surface area contributed by atoms with Gasteiger partial charge >= 0.3 is 0 Å². The minimum atomic E-state index is -0.434. The van der Waals surface area contributed by atoms with E-state index in [-0.39, 0.29) is 29.0 Å². The fourth-order valence-electron chi connectivity index (χ4n) is 3.95. The molecule has 1 heterocycles. The molecule has 24 heavy (non-hydrogen) atoms. The number of nitrogens with zero attached hydrogens (tertiary/aromatic N) is 1. The summed E-state index contributed by atoms with van der Waals surface area (Å²) in [5.74, 6) is 0.0146. The van der Waals surface area contributed by atoms with Crippen LogP contribution < -0.4 is 10.7 Å². The predicted molar refractivity (Wildman–Crippen MR) is 93.5 cm³/mol. The van der Waals surface area contributed by atoms with Gasteiger partial charge in [0.25, 0.3) is 11.8 Å². The molecule has 0 radical (unpaired) electrons. The molecule has 0 spiro atoms. The van der Waals surface area contributed by atoms with Crippen molar-refractivity contribution in [3.05, 3.63) is 22.6 Å². The van der Waals surface area contributed by atoms with Crippen molar-refractivity contribution < 1.29 is 14.0 Å². The molecular formula is C17H22BrN3O3.